The lowest BCUT2D eigenvalue weighted by molar-refractivity contribution is 0.0100. The van der Waals surface area contributed by atoms with Gasteiger partial charge in [-0.25, -0.2) is 0 Å². The summed E-state index contributed by atoms with van der Waals surface area (Å²) < 4.78 is 5.72. The van der Waals surface area contributed by atoms with E-state index in [1.54, 1.807) is 0 Å². The van der Waals surface area contributed by atoms with Crippen LogP contribution in [0.3, 0.4) is 0 Å². The standard InChI is InChI=1S/C14H27NO2/c16-14-8-3-1-2-7-13(14)15-10-9-12-6-4-5-11-17-12/h12-16H,1-11H2. The van der Waals surface area contributed by atoms with Gasteiger partial charge in [0, 0.05) is 12.6 Å². The predicted molar refractivity (Wildman–Crippen MR) is 69.1 cm³/mol. The van der Waals surface area contributed by atoms with Crippen molar-refractivity contribution >= 4 is 0 Å². The molecule has 3 heteroatoms. The molecular weight excluding hydrogens is 214 g/mol. The van der Waals surface area contributed by atoms with Crippen LogP contribution in [0.15, 0.2) is 0 Å². The monoisotopic (exact) mass is 241 g/mol. The van der Waals surface area contributed by atoms with Crippen LogP contribution in [0.2, 0.25) is 0 Å². The molecule has 0 aromatic carbocycles. The third-order valence-corrected chi connectivity index (χ3v) is 4.13. The predicted octanol–water partition coefficient (Wildman–Crippen LogP) is 2.23. The smallest absolute Gasteiger partial charge is 0.0693 e. The van der Waals surface area contributed by atoms with Crippen LogP contribution in [0.4, 0.5) is 0 Å². The fourth-order valence-electron chi connectivity index (χ4n) is 2.99. The highest BCUT2D eigenvalue weighted by atomic mass is 16.5. The minimum atomic E-state index is -0.134. The van der Waals surface area contributed by atoms with Crippen LogP contribution >= 0.6 is 0 Å². The number of aliphatic hydroxyl groups excluding tert-OH is 1. The average molecular weight is 241 g/mol. The molecule has 3 atom stereocenters. The first kappa shape index (κ1) is 13.3. The molecule has 0 aromatic rings. The molecule has 3 nitrogen and oxygen atoms in total. The van der Waals surface area contributed by atoms with Crippen LogP contribution in [0.1, 0.15) is 57.8 Å². The van der Waals surface area contributed by atoms with Gasteiger partial charge in [-0.15, -0.1) is 0 Å². The third-order valence-electron chi connectivity index (χ3n) is 4.13. The van der Waals surface area contributed by atoms with Crippen LogP contribution < -0.4 is 5.32 Å². The zero-order valence-electron chi connectivity index (χ0n) is 10.9. The molecule has 1 aliphatic carbocycles. The quantitative estimate of drug-likeness (QED) is 0.742. The fraction of sp³-hybridized carbons (Fsp3) is 1.00. The molecule has 1 saturated carbocycles. The molecule has 2 N–H and O–H groups in total. The summed E-state index contributed by atoms with van der Waals surface area (Å²) in [5, 5.41) is 13.5. The summed E-state index contributed by atoms with van der Waals surface area (Å²) in [5.41, 5.74) is 0. The fourth-order valence-corrected chi connectivity index (χ4v) is 2.99. The Balaban J connectivity index is 1.62. The number of rotatable bonds is 4. The van der Waals surface area contributed by atoms with Crippen molar-refractivity contribution in [2.45, 2.75) is 76.0 Å². The van der Waals surface area contributed by atoms with Gasteiger partial charge in [-0.1, -0.05) is 19.3 Å². The number of aliphatic hydroxyl groups is 1. The maximum absolute atomic E-state index is 9.99. The second kappa shape index (κ2) is 7.34. The average Bonchev–Trinajstić information content (AvgIpc) is 2.56. The molecule has 2 aliphatic rings. The first-order valence-electron chi connectivity index (χ1n) is 7.39. The van der Waals surface area contributed by atoms with Crippen molar-refractivity contribution in [1.29, 1.82) is 0 Å². The molecule has 1 heterocycles. The molecule has 2 rings (SSSR count). The summed E-state index contributed by atoms with van der Waals surface area (Å²) >= 11 is 0. The highest BCUT2D eigenvalue weighted by Crippen LogP contribution is 2.19. The normalized spacial score (nSPS) is 35.5. The van der Waals surface area contributed by atoms with Crippen molar-refractivity contribution in [3.05, 3.63) is 0 Å². The van der Waals surface area contributed by atoms with Crippen molar-refractivity contribution in [1.82, 2.24) is 5.32 Å². The molecular formula is C14H27NO2. The maximum atomic E-state index is 9.99. The Labute approximate surface area is 105 Å². The van der Waals surface area contributed by atoms with E-state index in [1.165, 1.54) is 38.5 Å². The van der Waals surface area contributed by atoms with Crippen molar-refractivity contribution in [2.24, 2.45) is 0 Å². The summed E-state index contributed by atoms with van der Waals surface area (Å²) in [5.74, 6) is 0. The van der Waals surface area contributed by atoms with E-state index >= 15 is 0 Å². The van der Waals surface area contributed by atoms with Crippen molar-refractivity contribution in [2.75, 3.05) is 13.2 Å². The van der Waals surface area contributed by atoms with Crippen LogP contribution in [-0.2, 0) is 4.74 Å². The van der Waals surface area contributed by atoms with Gasteiger partial charge in [-0.05, 0) is 45.1 Å². The van der Waals surface area contributed by atoms with Crippen LogP contribution in [-0.4, -0.2) is 36.5 Å². The topological polar surface area (TPSA) is 41.5 Å². The lowest BCUT2D eigenvalue weighted by Gasteiger charge is -2.25. The van der Waals surface area contributed by atoms with Crippen LogP contribution in [0.5, 0.6) is 0 Å². The van der Waals surface area contributed by atoms with Crippen LogP contribution in [0, 0.1) is 0 Å². The number of hydrogen-bond acceptors (Lipinski definition) is 3. The Morgan fingerprint density at radius 1 is 1.00 bits per heavy atom. The van der Waals surface area contributed by atoms with E-state index in [4.69, 9.17) is 4.74 Å². The Bertz CT molecular complexity index is 204. The molecule has 0 radical (unpaired) electrons. The van der Waals surface area contributed by atoms with E-state index in [-0.39, 0.29) is 6.10 Å². The van der Waals surface area contributed by atoms with Crippen molar-refractivity contribution < 1.29 is 9.84 Å². The van der Waals surface area contributed by atoms with Gasteiger partial charge in [0.25, 0.3) is 0 Å². The molecule has 3 unspecified atom stereocenters. The summed E-state index contributed by atoms with van der Waals surface area (Å²) in [4.78, 5) is 0. The van der Waals surface area contributed by atoms with E-state index in [0.29, 0.717) is 12.1 Å². The number of hydrogen-bond donors (Lipinski definition) is 2. The first-order chi connectivity index (χ1) is 8.36. The minimum Gasteiger partial charge on any atom is -0.392 e. The van der Waals surface area contributed by atoms with Gasteiger partial charge in [0.15, 0.2) is 0 Å². The Morgan fingerprint density at radius 2 is 1.82 bits per heavy atom. The molecule has 1 saturated heterocycles. The summed E-state index contributed by atoms with van der Waals surface area (Å²) in [6, 6.07) is 0.320. The molecule has 1 aliphatic heterocycles. The molecule has 0 bridgehead atoms. The highest BCUT2D eigenvalue weighted by molar-refractivity contribution is 4.79. The molecule has 0 aromatic heterocycles. The van der Waals surface area contributed by atoms with Crippen molar-refractivity contribution in [3.8, 4) is 0 Å². The largest absolute Gasteiger partial charge is 0.392 e. The molecule has 2 fully saturated rings. The Hall–Kier alpha value is -0.120. The molecule has 17 heavy (non-hydrogen) atoms. The molecule has 100 valence electrons. The SMILES string of the molecule is OC1CCCCCC1NCCC1CCCCO1. The zero-order chi connectivity index (χ0) is 11.9. The van der Waals surface area contributed by atoms with E-state index < -0.39 is 0 Å². The van der Waals surface area contributed by atoms with Gasteiger partial charge < -0.3 is 15.2 Å². The van der Waals surface area contributed by atoms with E-state index in [1.807, 2.05) is 0 Å². The zero-order valence-corrected chi connectivity index (χ0v) is 10.9. The van der Waals surface area contributed by atoms with E-state index in [2.05, 4.69) is 5.32 Å². The maximum Gasteiger partial charge on any atom is 0.0693 e. The summed E-state index contributed by atoms with van der Waals surface area (Å²) in [6.07, 6.45) is 11.0. The van der Waals surface area contributed by atoms with Crippen LogP contribution in [0.25, 0.3) is 0 Å². The number of nitrogens with one attached hydrogen (secondary N) is 1. The lowest BCUT2D eigenvalue weighted by atomic mass is 10.0. The first-order valence-corrected chi connectivity index (χ1v) is 7.39. The second-order valence-electron chi connectivity index (χ2n) is 5.54. The van der Waals surface area contributed by atoms with Gasteiger partial charge in [0.1, 0.15) is 0 Å². The van der Waals surface area contributed by atoms with Gasteiger partial charge in [0.05, 0.1) is 12.2 Å². The summed E-state index contributed by atoms with van der Waals surface area (Å²) in [7, 11) is 0. The van der Waals surface area contributed by atoms with E-state index in [9.17, 15) is 5.11 Å². The Kier molecular flexibility index (Phi) is 5.75. The van der Waals surface area contributed by atoms with E-state index in [0.717, 1.165) is 32.4 Å². The van der Waals surface area contributed by atoms with Gasteiger partial charge >= 0.3 is 0 Å². The molecule has 0 spiro atoms. The Morgan fingerprint density at radius 3 is 2.65 bits per heavy atom. The third kappa shape index (κ3) is 4.57. The minimum absolute atomic E-state index is 0.134. The second-order valence-corrected chi connectivity index (χ2v) is 5.54. The molecule has 0 amide bonds. The van der Waals surface area contributed by atoms with Gasteiger partial charge in [-0.2, -0.15) is 0 Å². The summed E-state index contributed by atoms with van der Waals surface area (Å²) in [6.45, 7) is 1.93. The highest BCUT2D eigenvalue weighted by Gasteiger charge is 2.21. The van der Waals surface area contributed by atoms with Crippen molar-refractivity contribution in [3.63, 3.8) is 0 Å². The lowest BCUT2D eigenvalue weighted by Crippen LogP contribution is -2.40. The number of ether oxygens (including phenoxy) is 1. The van der Waals surface area contributed by atoms with Gasteiger partial charge in [0.2, 0.25) is 0 Å². The van der Waals surface area contributed by atoms with Gasteiger partial charge in [-0.3, -0.25) is 0 Å².